The summed E-state index contributed by atoms with van der Waals surface area (Å²) in [5.74, 6) is 0. The molecule has 0 atom stereocenters. The van der Waals surface area contributed by atoms with Crippen molar-refractivity contribution in [2.75, 3.05) is 0 Å². The summed E-state index contributed by atoms with van der Waals surface area (Å²) in [5, 5.41) is 8.28. The van der Waals surface area contributed by atoms with Gasteiger partial charge in [0.05, 0.1) is 7.57 Å². The summed E-state index contributed by atoms with van der Waals surface area (Å²) in [6.45, 7) is 0. The molecule has 6 heteroatoms. The van der Waals surface area contributed by atoms with Crippen LogP contribution in [0.2, 0.25) is 0 Å². The van der Waals surface area contributed by atoms with Crippen molar-refractivity contribution < 1.29 is 0 Å². The predicted molar refractivity (Wildman–Crippen MR) is 112 cm³/mol. The van der Waals surface area contributed by atoms with Gasteiger partial charge in [-0.05, 0) is 77.6 Å². The lowest BCUT2D eigenvalue weighted by atomic mass is 10.4. The van der Waals surface area contributed by atoms with Crippen LogP contribution in [-0.2, 0) is 0 Å². The van der Waals surface area contributed by atoms with E-state index >= 15 is 0 Å². The van der Waals surface area contributed by atoms with Crippen LogP contribution in [0.5, 0.6) is 0 Å². The Hall–Kier alpha value is -0.240. The molecule has 0 fully saturated rings. The molecule has 0 unspecified atom stereocenters. The average molecular weight is 492 g/mol. The Labute approximate surface area is 163 Å². The van der Waals surface area contributed by atoms with E-state index in [9.17, 15) is 0 Å². The van der Waals surface area contributed by atoms with Crippen molar-refractivity contribution in [3.63, 3.8) is 0 Å². The highest BCUT2D eigenvalue weighted by atomic mass is 79.9. The zero-order valence-electron chi connectivity index (χ0n) is 11.3. The molecule has 0 aliphatic carbocycles. The molecular formula is C16H12Br2S4. The van der Waals surface area contributed by atoms with Crippen LogP contribution in [0.1, 0.15) is 0 Å². The molecule has 0 aliphatic heterocycles. The summed E-state index contributed by atoms with van der Waals surface area (Å²) in [6.07, 6.45) is 0. The molecule has 0 saturated heterocycles. The highest BCUT2D eigenvalue weighted by Crippen LogP contribution is 2.28. The smallest absolute Gasteiger partial charge is 0.0698 e. The summed E-state index contributed by atoms with van der Waals surface area (Å²) < 4.78 is 2.39. The van der Waals surface area contributed by atoms with Crippen molar-refractivity contribution in [2.45, 2.75) is 0 Å². The van der Waals surface area contributed by atoms with E-state index in [1.165, 1.54) is 17.3 Å². The van der Waals surface area contributed by atoms with E-state index in [1.54, 1.807) is 45.3 Å². The molecule has 0 aliphatic rings. The van der Waals surface area contributed by atoms with Crippen molar-refractivity contribution in [3.8, 4) is 9.75 Å². The van der Waals surface area contributed by atoms with E-state index in [1.807, 2.05) is 35.0 Å². The highest BCUT2D eigenvalue weighted by molar-refractivity contribution is 9.11. The lowest BCUT2D eigenvalue weighted by molar-refractivity contribution is 1.93. The molecule has 0 spiro atoms. The van der Waals surface area contributed by atoms with E-state index < -0.39 is 0 Å². The minimum absolute atomic E-state index is 1.20. The van der Waals surface area contributed by atoms with Crippen LogP contribution in [0.4, 0.5) is 0 Å². The van der Waals surface area contributed by atoms with Gasteiger partial charge in [0, 0.05) is 9.75 Å². The minimum atomic E-state index is 1.20. The maximum atomic E-state index is 3.30. The van der Waals surface area contributed by atoms with Crippen molar-refractivity contribution in [3.05, 3.63) is 77.6 Å². The van der Waals surface area contributed by atoms with Gasteiger partial charge in [-0.2, -0.15) is 0 Å². The van der Waals surface area contributed by atoms with Crippen LogP contribution in [0.25, 0.3) is 9.75 Å². The molecule has 0 amide bonds. The summed E-state index contributed by atoms with van der Waals surface area (Å²) in [7, 11) is 0. The molecule has 0 radical (unpaired) electrons. The van der Waals surface area contributed by atoms with Gasteiger partial charge in [0.25, 0.3) is 0 Å². The fraction of sp³-hybridized carbons (Fsp3) is 0. The molecule has 4 aromatic heterocycles. The van der Waals surface area contributed by atoms with Crippen molar-refractivity contribution >= 4 is 77.2 Å². The fourth-order valence-electron chi connectivity index (χ4n) is 1.35. The van der Waals surface area contributed by atoms with Gasteiger partial charge >= 0.3 is 0 Å². The third-order valence-electron chi connectivity index (χ3n) is 2.26. The highest BCUT2D eigenvalue weighted by Gasteiger charge is 1.96. The molecule has 4 aromatic rings. The van der Waals surface area contributed by atoms with Crippen LogP contribution in [-0.4, -0.2) is 0 Å². The molecule has 22 heavy (non-hydrogen) atoms. The molecular weight excluding hydrogens is 480 g/mol. The maximum Gasteiger partial charge on any atom is 0.0698 e. The van der Waals surface area contributed by atoms with Crippen LogP contribution in [0.15, 0.2) is 77.6 Å². The number of hydrogen-bond acceptors (Lipinski definition) is 4. The first kappa shape index (κ1) is 18.1. The van der Waals surface area contributed by atoms with Crippen molar-refractivity contribution in [1.29, 1.82) is 0 Å². The lowest BCUT2D eigenvalue weighted by Crippen LogP contribution is -1.55. The second kappa shape index (κ2) is 10.5. The Kier molecular flexibility index (Phi) is 8.66. The van der Waals surface area contributed by atoms with Crippen molar-refractivity contribution in [1.82, 2.24) is 0 Å². The van der Waals surface area contributed by atoms with E-state index in [-0.39, 0.29) is 0 Å². The molecule has 0 bridgehead atoms. The third kappa shape index (κ3) is 6.89. The van der Waals surface area contributed by atoms with E-state index in [0.29, 0.717) is 0 Å². The number of rotatable bonds is 1. The van der Waals surface area contributed by atoms with Gasteiger partial charge in [0.1, 0.15) is 0 Å². The SMILES string of the molecule is Brc1cccs1.Brc1cccs1.c1csc(-c2cccs2)c1. The van der Waals surface area contributed by atoms with E-state index in [4.69, 9.17) is 0 Å². The van der Waals surface area contributed by atoms with Crippen LogP contribution in [0.3, 0.4) is 0 Å². The Balaban J connectivity index is 0.000000128. The zero-order valence-corrected chi connectivity index (χ0v) is 17.8. The van der Waals surface area contributed by atoms with Gasteiger partial charge in [-0.1, -0.05) is 24.3 Å². The molecule has 4 rings (SSSR count). The first-order chi connectivity index (χ1) is 10.8. The predicted octanol–water partition coefficient (Wildman–Crippen LogP) is 8.50. The Morgan fingerprint density at radius 3 is 1.05 bits per heavy atom. The summed E-state index contributed by atoms with van der Waals surface area (Å²) in [5.41, 5.74) is 0. The fourth-order valence-corrected chi connectivity index (χ4v) is 4.77. The standard InChI is InChI=1S/C8H6S2.2C4H3BrS/c1-3-7(9-5-1)8-4-2-6-10-8;2*5-4-2-1-3-6-4/h1-6H;2*1-3H. The van der Waals surface area contributed by atoms with Crippen LogP contribution in [0, 0.1) is 0 Å². The first-order valence-corrected chi connectivity index (χ1v) is 11.3. The Morgan fingerprint density at radius 2 is 0.864 bits per heavy atom. The van der Waals surface area contributed by atoms with E-state index in [2.05, 4.69) is 66.9 Å². The molecule has 0 aromatic carbocycles. The largest absolute Gasteiger partial charge is 0.143 e. The average Bonchev–Trinajstić information content (AvgIpc) is 3.30. The monoisotopic (exact) mass is 490 g/mol. The molecule has 0 N–H and O–H groups in total. The molecule has 114 valence electrons. The van der Waals surface area contributed by atoms with Gasteiger partial charge < -0.3 is 0 Å². The van der Waals surface area contributed by atoms with Gasteiger partial charge in [0.2, 0.25) is 0 Å². The number of thiophene rings is 4. The summed E-state index contributed by atoms with van der Waals surface area (Å²) in [4.78, 5) is 2.74. The lowest BCUT2D eigenvalue weighted by Gasteiger charge is -1.84. The molecule has 4 heterocycles. The number of hydrogen-bond donors (Lipinski definition) is 0. The van der Waals surface area contributed by atoms with Gasteiger partial charge in [0.15, 0.2) is 0 Å². The summed E-state index contributed by atoms with van der Waals surface area (Å²) in [6, 6.07) is 16.5. The number of halogens is 2. The van der Waals surface area contributed by atoms with Crippen LogP contribution < -0.4 is 0 Å². The topological polar surface area (TPSA) is 0 Å². The normalized spacial score (nSPS) is 9.36. The molecule has 0 saturated carbocycles. The quantitative estimate of drug-likeness (QED) is 0.250. The third-order valence-corrected chi connectivity index (χ3v) is 7.15. The minimum Gasteiger partial charge on any atom is -0.143 e. The van der Waals surface area contributed by atoms with Crippen LogP contribution >= 0.6 is 77.2 Å². The summed E-state index contributed by atoms with van der Waals surface area (Å²) >= 11 is 13.6. The van der Waals surface area contributed by atoms with Gasteiger partial charge in [-0.25, -0.2) is 0 Å². The van der Waals surface area contributed by atoms with E-state index in [0.717, 1.165) is 0 Å². The van der Waals surface area contributed by atoms with Crippen molar-refractivity contribution in [2.24, 2.45) is 0 Å². The molecule has 0 nitrogen and oxygen atoms in total. The second-order valence-corrected chi connectivity index (χ2v) is 10.3. The Bertz CT molecular complexity index is 632. The second-order valence-electron chi connectivity index (χ2n) is 3.79. The van der Waals surface area contributed by atoms with Gasteiger partial charge in [-0.15, -0.1) is 45.3 Å². The van der Waals surface area contributed by atoms with Gasteiger partial charge in [-0.3, -0.25) is 0 Å². The first-order valence-electron chi connectivity index (χ1n) is 6.21. The maximum absolute atomic E-state index is 3.30. The zero-order chi connectivity index (χ0) is 15.6. The Morgan fingerprint density at radius 1 is 0.500 bits per heavy atom.